The molecule has 3 aromatic rings. The number of aromatic amines is 1. The number of hydrogen-bond acceptors (Lipinski definition) is 5. The van der Waals surface area contributed by atoms with E-state index in [1.165, 1.54) is 6.07 Å². The van der Waals surface area contributed by atoms with Gasteiger partial charge in [0.15, 0.2) is 5.52 Å². The molecule has 3 heterocycles. The molecule has 0 bridgehead atoms. The lowest BCUT2D eigenvalue weighted by atomic mass is 9.94. The van der Waals surface area contributed by atoms with Crippen LogP contribution in [-0.2, 0) is 0 Å². The van der Waals surface area contributed by atoms with Crippen molar-refractivity contribution in [2.75, 3.05) is 18.0 Å². The summed E-state index contributed by atoms with van der Waals surface area (Å²) in [5.41, 5.74) is 3.48. The summed E-state index contributed by atoms with van der Waals surface area (Å²) in [4.78, 5) is 17.8. The minimum Gasteiger partial charge on any atom is -0.370 e. The smallest absolute Gasteiger partial charge is 0.295 e. The van der Waals surface area contributed by atoms with Crippen LogP contribution in [0.4, 0.5) is 11.4 Å². The molecule has 0 spiro atoms. The molecule has 0 aliphatic carbocycles. The van der Waals surface area contributed by atoms with E-state index in [1.807, 2.05) is 25.1 Å². The number of nitrogens with one attached hydrogen (secondary N) is 1. The molecule has 2 aromatic heterocycles. The van der Waals surface area contributed by atoms with Gasteiger partial charge in [-0.25, -0.2) is 4.98 Å². The number of pyridine rings is 1. The summed E-state index contributed by atoms with van der Waals surface area (Å²) in [5, 5.41) is 19.3. The molecule has 1 aliphatic heterocycles. The maximum Gasteiger partial charge on any atom is 0.295 e. The van der Waals surface area contributed by atoms with Crippen molar-refractivity contribution in [1.82, 2.24) is 15.2 Å². The average molecular weight is 337 g/mol. The van der Waals surface area contributed by atoms with Gasteiger partial charge in [0.1, 0.15) is 0 Å². The Hall–Kier alpha value is -2.96. The molecule has 0 saturated carbocycles. The van der Waals surface area contributed by atoms with Gasteiger partial charge in [-0.15, -0.1) is 0 Å². The minimum atomic E-state index is -0.359. The first-order chi connectivity index (χ1) is 12.1. The molecule has 1 aliphatic rings. The molecule has 1 unspecified atom stereocenters. The van der Waals surface area contributed by atoms with Crippen molar-refractivity contribution in [3.63, 3.8) is 0 Å². The molecule has 7 nitrogen and oxygen atoms in total. The van der Waals surface area contributed by atoms with Crippen LogP contribution >= 0.6 is 0 Å². The molecular formula is C18H19N5O2. The van der Waals surface area contributed by atoms with E-state index in [1.54, 1.807) is 12.3 Å². The van der Waals surface area contributed by atoms with Crippen molar-refractivity contribution < 1.29 is 4.92 Å². The lowest BCUT2D eigenvalue weighted by molar-refractivity contribution is -0.383. The van der Waals surface area contributed by atoms with E-state index in [0.29, 0.717) is 11.4 Å². The third-order valence-electron chi connectivity index (χ3n) is 4.85. The number of benzene rings is 1. The van der Waals surface area contributed by atoms with Crippen molar-refractivity contribution in [2.24, 2.45) is 0 Å². The standard InChI is InChI=1S/C18H19N5O2/c1-12-10-17(14-5-2-6-16(23(24)25)18(14)20-12)22-9-3-4-13(11-22)15-7-8-19-21-15/h2,5-8,10,13H,3-4,9,11H2,1H3,(H,19,21). The van der Waals surface area contributed by atoms with Crippen LogP contribution in [0.3, 0.4) is 0 Å². The highest BCUT2D eigenvalue weighted by Gasteiger charge is 2.25. The number of anilines is 1. The zero-order chi connectivity index (χ0) is 17.4. The maximum atomic E-state index is 11.4. The van der Waals surface area contributed by atoms with E-state index in [4.69, 9.17) is 0 Å². The summed E-state index contributed by atoms with van der Waals surface area (Å²) >= 11 is 0. The number of non-ortho nitro benzene ring substituents is 1. The number of aryl methyl sites for hydroxylation is 1. The first-order valence-electron chi connectivity index (χ1n) is 8.42. The van der Waals surface area contributed by atoms with Gasteiger partial charge in [0.25, 0.3) is 5.69 Å². The van der Waals surface area contributed by atoms with E-state index in [2.05, 4.69) is 20.1 Å². The Labute approximate surface area is 144 Å². The van der Waals surface area contributed by atoms with E-state index < -0.39 is 0 Å². The van der Waals surface area contributed by atoms with Gasteiger partial charge in [-0.1, -0.05) is 12.1 Å². The number of nitro groups is 1. The number of piperidine rings is 1. The molecule has 4 rings (SSSR count). The first-order valence-corrected chi connectivity index (χ1v) is 8.42. The van der Waals surface area contributed by atoms with Crippen molar-refractivity contribution in [3.05, 3.63) is 58.0 Å². The topological polar surface area (TPSA) is 88.0 Å². The predicted octanol–water partition coefficient (Wildman–Crippen LogP) is 3.56. The zero-order valence-corrected chi connectivity index (χ0v) is 14.0. The fourth-order valence-corrected chi connectivity index (χ4v) is 3.69. The Morgan fingerprint density at radius 1 is 1.36 bits per heavy atom. The lowest BCUT2D eigenvalue weighted by Crippen LogP contribution is -2.34. The van der Waals surface area contributed by atoms with Gasteiger partial charge in [-0.2, -0.15) is 5.10 Å². The van der Waals surface area contributed by atoms with Crippen molar-refractivity contribution >= 4 is 22.3 Å². The predicted molar refractivity (Wildman–Crippen MR) is 95.9 cm³/mol. The van der Waals surface area contributed by atoms with Crippen LogP contribution in [0, 0.1) is 17.0 Å². The Bertz CT molecular complexity index is 923. The summed E-state index contributed by atoms with van der Waals surface area (Å²) in [7, 11) is 0. The summed E-state index contributed by atoms with van der Waals surface area (Å²) < 4.78 is 0. The van der Waals surface area contributed by atoms with Crippen molar-refractivity contribution in [2.45, 2.75) is 25.7 Å². The van der Waals surface area contributed by atoms with Crippen molar-refractivity contribution in [1.29, 1.82) is 0 Å². The molecule has 7 heteroatoms. The number of nitrogens with zero attached hydrogens (tertiary/aromatic N) is 4. The number of aromatic nitrogens is 3. The van der Waals surface area contributed by atoms with E-state index in [9.17, 15) is 10.1 Å². The van der Waals surface area contributed by atoms with Gasteiger partial charge in [0.2, 0.25) is 0 Å². The number of hydrogen-bond donors (Lipinski definition) is 1. The fourth-order valence-electron chi connectivity index (χ4n) is 3.69. The second-order valence-corrected chi connectivity index (χ2v) is 6.51. The highest BCUT2D eigenvalue weighted by atomic mass is 16.6. The van der Waals surface area contributed by atoms with Crippen LogP contribution in [0.25, 0.3) is 10.9 Å². The van der Waals surface area contributed by atoms with Crippen molar-refractivity contribution in [3.8, 4) is 0 Å². The fraction of sp³-hybridized carbons (Fsp3) is 0.333. The molecular weight excluding hydrogens is 318 g/mol. The molecule has 1 N–H and O–H groups in total. The highest BCUT2D eigenvalue weighted by Crippen LogP contribution is 2.35. The molecule has 25 heavy (non-hydrogen) atoms. The molecule has 1 fully saturated rings. The SMILES string of the molecule is Cc1cc(N2CCCC(c3ccn[nH]3)C2)c2cccc([N+](=O)[O-])c2n1. The zero-order valence-electron chi connectivity index (χ0n) is 14.0. The van der Waals surface area contributed by atoms with Crippen LogP contribution in [0.1, 0.15) is 30.1 Å². The Balaban J connectivity index is 1.78. The van der Waals surface area contributed by atoms with E-state index in [-0.39, 0.29) is 10.6 Å². The van der Waals surface area contributed by atoms with Gasteiger partial charge >= 0.3 is 0 Å². The number of para-hydroxylation sites is 1. The number of fused-ring (bicyclic) bond motifs is 1. The Morgan fingerprint density at radius 2 is 2.24 bits per heavy atom. The second-order valence-electron chi connectivity index (χ2n) is 6.51. The van der Waals surface area contributed by atoms with E-state index in [0.717, 1.165) is 48.4 Å². The summed E-state index contributed by atoms with van der Waals surface area (Å²) in [6.07, 6.45) is 3.96. The average Bonchev–Trinajstić information content (AvgIpc) is 3.15. The van der Waals surface area contributed by atoms with Gasteiger partial charge in [0, 0.05) is 53.7 Å². The number of rotatable bonds is 3. The molecule has 0 amide bonds. The van der Waals surface area contributed by atoms with E-state index >= 15 is 0 Å². The Morgan fingerprint density at radius 3 is 3.00 bits per heavy atom. The van der Waals surface area contributed by atoms with Crippen LogP contribution in [-0.4, -0.2) is 33.2 Å². The summed E-state index contributed by atoms with van der Waals surface area (Å²) in [5.74, 6) is 0.387. The number of nitro benzene ring substituents is 1. The summed E-state index contributed by atoms with van der Waals surface area (Å²) in [6.45, 7) is 3.69. The maximum absolute atomic E-state index is 11.4. The molecule has 1 aromatic carbocycles. The normalized spacial score (nSPS) is 17.8. The van der Waals surface area contributed by atoms with Crippen LogP contribution in [0.2, 0.25) is 0 Å². The Kier molecular flexibility index (Phi) is 3.83. The second kappa shape index (κ2) is 6.16. The highest BCUT2D eigenvalue weighted by molar-refractivity contribution is 5.97. The van der Waals surface area contributed by atoms with Gasteiger partial charge < -0.3 is 4.90 Å². The lowest BCUT2D eigenvalue weighted by Gasteiger charge is -2.34. The molecule has 1 atom stereocenters. The summed E-state index contributed by atoms with van der Waals surface area (Å²) in [6, 6.07) is 9.22. The van der Waals surface area contributed by atoms with Gasteiger partial charge in [-0.3, -0.25) is 15.2 Å². The van der Waals surface area contributed by atoms with Crippen LogP contribution in [0.5, 0.6) is 0 Å². The van der Waals surface area contributed by atoms with Crippen LogP contribution in [0.15, 0.2) is 36.5 Å². The molecule has 0 radical (unpaired) electrons. The third kappa shape index (κ3) is 2.82. The molecule has 1 saturated heterocycles. The monoisotopic (exact) mass is 337 g/mol. The largest absolute Gasteiger partial charge is 0.370 e. The van der Waals surface area contributed by atoms with Gasteiger partial charge in [-0.05, 0) is 31.9 Å². The third-order valence-corrected chi connectivity index (χ3v) is 4.85. The quantitative estimate of drug-likeness (QED) is 0.583. The minimum absolute atomic E-state index is 0.0598. The van der Waals surface area contributed by atoms with Gasteiger partial charge in [0.05, 0.1) is 4.92 Å². The molecule has 128 valence electrons. The van der Waals surface area contributed by atoms with Crippen LogP contribution < -0.4 is 4.90 Å². The number of H-pyrrole nitrogens is 1. The first kappa shape index (κ1) is 15.6.